The average molecular weight is 1040 g/mol. The molecule has 2 unspecified atom stereocenters. The van der Waals surface area contributed by atoms with Crippen LogP contribution >= 0.6 is 0 Å². The molecule has 0 bridgehead atoms. The van der Waals surface area contributed by atoms with E-state index in [2.05, 4.69) is 4.58 Å². The average Bonchev–Trinajstić information content (AvgIpc) is 3.62. The third-order valence-corrected chi connectivity index (χ3v) is 16.1. The fourth-order valence-electron chi connectivity index (χ4n) is 9.34. The molecular weight excluding hydrogens is 981 g/mol. The largest absolute Gasteiger partial charge is 0.481 e. The Morgan fingerprint density at radius 2 is 1.23 bits per heavy atom. The minimum atomic E-state index is -4.59. The maximum Gasteiger partial charge on any atom is 0.303 e. The van der Waals surface area contributed by atoms with Crippen molar-refractivity contribution in [2.24, 2.45) is 0 Å². The molecule has 2 heterocycles. The number of anilines is 1. The van der Waals surface area contributed by atoms with Crippen LogP contribution in [0, 0.1) is 0 Å². The molecule has 0 spiro atoms. The van der Waals surface area contributed by atoms with Gasteiger partial charge in [-0.15, -0.1) is 0 Å². The van der Waals surface area contributed by atoms with Crippen molar-refractivity contribution in [2.45, 2.75) is 112 Å². The minimum Gasteiger partial charge on any atom is -0.481 e. The van der Waals surface area contributed by atoms with Crippen molar-refractivity contribution in [1.82, 2.24) is 0 Å². The molecule has 0 saturated carbocycles. The summed E-state index contributed by atoms with van der Waals surface area (Å²) in [5.74, 6) is -1.80. The number of rotatable bonds is 26. The van der Waals surface area contributed by atoms with Gasteiger partial charge in [0, 0.05) is 53.9 Å². The molecule has 380 valence electrons. The third kappa shape index (κ3) is 15.5. The van der Waals surface area contributed by atoms with Crippen LogP contribution in [0.4, 0.5) is 11.4 Å². The van der Waals surface area contributed by atoms with Crippen LogP contribution in [0.5, 0.6) is 0 Å². The van der Waals surface area contributed by atoms with Crippen molar-refractivity contribution in [2.75, 3.05) is 29.5 Å². The highest BCUT2D eigenvalue weighted by Gasteiger charge is 2.48. The molecule has 70 heavy (non-hydrogen) atoms. The molecule has 2 aromatic rings. The molecule has 1 aliphatic carbocycles. The zero-order valence-corrected chi connectivity index (χ0v) is 42.6. The van der Waals surface area contributed by atoms with E-state index in [1.165, 1.54) is 24.3 Å². The van der Waals surface area contributed by atoms with Gasteiger partial charge in [-0.05, 0) is 106 Å². The van der Waals surface area contributed by atoms with E-state index in [0.717, 1.165) is 29.1 Å². The van der Waals surface area contributed by atoms with Gasteiger partial charge in [0.05, 0.1) is 26.7 Å². The quantitative estimate of drug-likeness (QED) is 0.0255. The SMILES string of the molecule is CC1(CCCCS(=O)(=O)O)C(/C=C/C=C/C=C/C=C2/N(CCCCCC(=O)O)c3ccc(S(=O)(=O)O)cc3C2(C)CCCCS(=O)(=O)O)=[N+](CCCC2=C/C=C\C=C/C=C2)c2ccc(S(=O)(=O)O)cc21. The van der Waals surface area contributed by atoms with E-state index in [-0.39, 0.29) is 29.1 Å². The Morgan fingerprint density at radius 3 is 1.87 bits per heavy atom. The molecule has 0 radical (unpaired) electrons. The number of fused-ring (bicyclic) bond motifs is 2. The first kappa shape index (κ1) is 55.9. The second kappa shape index (κ2) is 23.9. The summed E-state index contributed by atoms with van der Waals surface area (Å²) in [5, 5.41) is 9.17. The van der Waals surface area contributed by atoms with Gasteiger partial charge in [-0.1, -0.05) is 92.2 Å². The summed E-state index contributed by atoms with van der Waals surface area (Å²) in [6.07, 6.45) is 31.4. The first-order valence-electron chi connectivity index (χ1n) is 23.0. The van der Waals surface area contributed by atoms with Crippen LogP contribution in [0.25, 0.3) is 0 Å². The molecule has 2 atom stereocenters. The monoisotopic (exact) mass is 1040 g/mol. The van der Waals surface area contributed by atoms with Gasteiger partial charge in [0.1, 0.15) is 6.54 Å². The van der Waals surface area contributed by atoms with Crippen LogP contribution in [0.15, 0.2) is 143 Å². The minimum absolute atomic E-state index is 0.00785. The number of carboxylic acid groups (broad SMARTS) is 1. The number of benzene rings is 2. The van der Waals surface area contributed by atoms with Gasteiger partial charge in [-0.3, -0.25) is 23.0 Å². The predicted octanol–water partition coefficient (Wildman–Crippen LogP) is 9.02. The van der Waals surface area contributed by atoms with E-state index in [9.17, 15) is 61.8 Å². The van der Waals surface area contributed by atoms with Gasteiger partial charge in [0.25, 0.3) is 40.5 Å². The summed E-state index contributed by atoms with van der Waals surface area (Å²) in [4.78, 5) is 12.6. The molecule has 20 heteroatoms. The Kier molecular flexibility index (Phi) is 19.1. The third-order valence-electron chi connectivity index (χ3n) is 12.8. The number of carboxylic acids is 1. The van der Waals surface area contributed by atoms with Crippen molar-refractivity contribution >= 4 is 63.5 Å². The van der Waals surface area contributed by atoms with E-state index in [1.54, 1.807) is 36.4 Å². The molecular formula is C50H63N2O14S4+. The number of allylic oxidation sites excluding steroid dienone is 16. The van der Waals surface area contributed by atoms with E-state index in [4.69, 9.17) is 0 Å². The topological polar surface area (TPSA) is 261 Å². The molecule has 5 rings (SSSR count). The summed E-state index contributed by atoms with van der Waals surface area (Å²) in [6, 6.07) is 8.80. The van der Waals surface area contributed by atoms with Gasteiger partial charge in [0.15, 0.2) is 5.71 Å². The van der Waals surface area contributed by atoms with Gasteiger partial charge in [-0.2, -0.15) is 38.2 Å². The molecule has 3 aliphatic rings. The molecule has 2 aliphatic heterocycles. The Bertz CT molecular complexity index is 3020. The highest BCUT2D eigenvalue weighted by atomic mass is 32.2. The van der Waals surface area contributed by atoms with Gasteiger partial charge in [-0.25, -0.2) is 0 Å². The highest BCUT2D eigenvalue weighted by Crippen LogP contribution is 2.51. The van der Waals surface area contributed by atoms with Gasteiger partial charge >= 0.3 is 5.97 Å². The summed E-state index contributed by atoms with van der Waals surface area (Å²) in [5.41, 5.74) is 3.56. The maximum absolute atomic E-state index is 12.4. The summed E-state index contributed by atoms with van der Waals surface area (Å²) >= 11 is 0. The standard InChI is InChI=1S/C50H62N2O14S4/c1-49(31-15-18-35-67(55,56)57)42-37-40(69(61,62)63)27-29-44(42)51(33-17-9-14-26-48(53)54)46(49)24-12-7-4-8-13-25-47-50(2,32-16-19-36-68(58,59)60)43-38-41(70(64,65)66)28-30-45(43)52(47)34-20-23-39-21-10-5-3-6-11-22-39/h3-8,10-13,21-22,24-25,27-30,37-38H,9,14-20,23,26,31-36H2,1-2H3,(H4-,53,54,55,56,57,58,59,60,61,62,63,64,65,66)/p+1/b5-3-,6-3?,10-5?,11-6-,21-10?,22-11?,39-21?,39-22?. The van der Waals surface area contributed by atoms with Crippen molar-refractivity contribution in [3.8, 4) is 0 Å². The van der Waals surface area contributed by atoms with Gasteiger partial charge < -0.3 is 10.0 Å². The maximum atomic E-state index is 12.4. The molecule has 16 nitrogen and oxygen atoms in total. The summed E-state index contributed by atoms with van der Waals surface area (Å²) < 4.78 is 137. The van der Waals surface area contributed by atoms with Crippen LogP contribution in [-0.4, -0.2) is 97.8 Å². The number of aliphatic carboxylic acids is 1. The lowest BCUT2D eigenvalue weighted by molar-refractivity contribution is -0.438. The van der Waals surface area contributed by atoms with Crippen LogP contribution in [-0.2, 0) is 56.1 Å². The number of nitrogens with zero attached hydrogens (tertiary/aromatic N) is 2. The van der Waals surface area contributed by atoms with Crippen molar-refractivity contribution in [1.29, 1.82) is 0 Å². The van der Waals surface area contributed by atoms with Crippen molar-refractivity contribution in [3.63, 3.8) is 0 Å². The normalized spacial score (nSPS) is 21.2. The Hall–Kier alpha value is -5.06. The Morgan fingerprint density at radius 1 is 0.643 bits per heavy atom. The number of unbranched alkanes of at least 4 members (excludes halogenated alkanes) is 4. The molecule has 2 aromatic carbocycles. The molecule has 0 saturated heterocycles. The zero-order chi connectivity index (χ0) is 51.4. The molecule has 0 aromatic heterocycles. The molecule has 0 amide bonds. The molecule has 0 fully saturated rings. The van der Waals surface area contributed by atoms with E-state index in [1.807, 2.05) is 79.5 Å². The van der Waals surface area contributed by atoms with Crippen molar-refractivity contribution in [3.05, 3.63) is 144 Å². The first-order chi connectivity index (χ1) is 32.8. The number of carbonyl (C=O) groups is 1. The number of hydrogen-bond acceptors (Lipinski definition) is 10. The number of hydrogen-bond donors (Lipinski definition) is 5. The van der Waals surface area contributed by atoms with E-state index in [0.29, 0.717) is 81.3 Å². The lowest BCUT2D eigenvalue weighted by atomic mass is 9.75. The summed E-state index contributed by atoms with van der Waals surface area (Å²) in [6.45, 7) is 4.81. The predicted molar refractivity (Wildman–Crippen MR) is 271 cm³/mol. The van der Waals surface area contributed by atoms with Gasteiger partial charge in [0.2, 0.25) is 5.69 Å². The first-order valence-corrected chi connectivity index (χ1v) is 29.1. The summed E-state index contributed by atoms with van der Waals surface area (Å²) in [7, 11) is -17.6. The van der Waals surface area contributed by atoms with Crippen LogP contribution in [0.3, 0.4) is 0 Å². The Balaban J connectivity index is 1.51. The fraction of sp³-hybridized carbons (Fsp3) is 0.400. The fourth-order valence-corrected chi connectivity index (χ4v) is 11.5. The lowest BCUT2D eigenvalue weighted by Gasteiger charge is -2.30. The van der Waals surface area contributed by atoms with E-state index >= 15 is 0 Å². The smallest absolute Gasteiger partial charge is 0.303 e. The van der Waals surface area contributed by atoms with Crippen LogP contribution in [0.1, 0.15) is 102 Å². The zero-order valence-electron chi connectivity index (χ0n) is 39.3. The van der Waals surface area contributed by atoms with Crippen LogP contribution < -0.4 is 4.90 Å². The van der Waals surface area contributed by atoms with E-state index < -0.39 is 68.8 Å². The molecule has 5 N–H and O–H groups in total. The lowest BCUT2D eigenvalue weighted by Crippen LogP contribution is -2.31. The van der Waals surface area contributed by atoms with Crippen LogP contribution in [0.2, 0.25) is 0 Å². The second-order valence-electron chi connectivity index (χ2n) is 18.0. The Labute approximate surface area is 412 Å². The van der Waals surface area contributed by atoms with Crippen molar-refractivity contribution < 1.29 is 66.4 Å². The second-order valence-corrected chi connectivity index (χ2v) is 24.0. The highest BCUT2D eigenvalue weighted by molar-refractivity contribution is 7.86.